The van der Waals surface area contributed by atoms with Gasteiger partial charge >= 0.3 is 0 Å². The van der Waals surface area contributed by atoms with Crippen molar-refractivity contribution in [3.05, 3.63) is 65.9 Å². The predicted octanol–water partition coefficient (Wildman–Crippen LogP) is 6.60. The van der Waals surface area contributed by atoms with Crippen LogP contribution < -0.4 is 0 Å². The smallest absolute Gasteiger partial charge is 0.148 e. The molecule has 0 aliphatic rings. The van der Waals surface area contributed by atoms with E-state index in [9.17, 15) is 0 Å². The number of pyridine rings is 1. The first kappa shape index (κ1) is 9.39. The van der Waals surface area contributed by atoms with Crippen LogP contribution in [0.4, 0.5) is 0 Å². The van der Waals surface area contributed by atoms with E-state index in [1.165, 1.54) is 6.07 Å². The Kier molecular flexibility index (Phi) is 1.68. The Morgan fingerprint density at radius 3 is 2.65 bits per heavy atom. The van der Waals surface area contributed by atoms with Gasteiger partial charge in [-0.1, -0.05) is 24.3 Å². The van der Waals surface area contributed by atoms with Gasteiger partial charge in [0.15, 0.2) is 0 Å². The molecule has 6 aromatic rings. The lowest BCUT2D eigenvalue weighted by Crippen LogP contribution is -1.88. The second-order valence-electron chi connectivity index (χ2n) is 6.43. The molecule has 0 aliphatic carbocycles. The number of nitrogens with zero attached hydrogens (tertiary/aromatic N) is 1. The summed E-state index contributed by atoms with van der Waals surface area (Å²) in [6, 6.07) is 14.7. The van der Waals surface area contributed by atoms with Crippen molar-refractivity contribution in [3.63, 3.8) is 0 Å². The van der Waals surface area contributed by atoms with Crippen LogP contribution in [0.5, 0.6) is 0 Å². The molecule has 0 saturated heterocycles. The molecule has 3 heteroatoms. The number of aromatic nitrogens is 1. The van der Waals surface area contributed by atoms with Crippen LogP contribution in [-0.2, 0) is 0 Å². The zero-order valence-electron chi connectivity index (χ0n) is 19.5. The van der Waals surface area contributed by atoms with Gasteiger partial charge in [-0.15, -0.1) is 0 Å². The van der Waals surface area contributed by atoms with Gasteiger partial charge < -0.3 is 8.83 Å². The molecule has 0 fully saturated rings. The summed E-state index contributed by atoms with van der Waals surface area (Å²) >= 11 is 0. The Labute approximate surface area is 157 Å². The maximum atomic E-state index is 7.85. The number of fused-ring (bicyclic) bond motifs is 2. The number of hydrogen-bond donors (Lipinski definition) is 0. The summed E-state index contributed by atoms with van der Waals surface area (Å²) in [7, 11) is 0. The second kappa shape index (κ2) is 4.64. The van der Waals surface area contributed by atoms with E-state index in [-0.39, 0.29) is 11.1 Å². The first-order chi connectivity index (χ1) is 15.1. The largest absolute Gasteiger partial charge is 0.456 e. The standard InChI is InChI=1S/C23H15NO2/c1-12-9-17(24-11-13(12)2)16-7-8-18-20-21-19(25-18)10-14-5-3-4-6-15(14)22(21)26-23(16)20/h3-11H,1-2H3/i1D3,2D3. The maximum absolute atomic E-state index is 7.85. The van der Waals surface area contributed by atoms with Gasteiger partial charge in [0, 0.05) is 25.4 Å². The molecule has 0 amide bonds. The Morgan fingerprint density at radius 2 is 1.73 bits per heavy atom. The van der Waals surface area contributed by atoms with Gasteiger partial charge in [0.05, 0.1) is 16.5 Å². The van der Waals surface area contributed by atoms with Crippen LogP contribution in [0.1, 0.15) is 19.4 Å². The number of furan rings is 2. The summed E-state index contributed by atoms with van der Waals surface area (Å²) in [4.78, 5) is 4.31. The normalized spacial score (nSPS) is 16.6. The molecule has 3 heterocycles. The zero-order valence-corrected chi connectivity index (χ0v) is 13.5. The van der Waals surface area contributed by atoms with Gasteiger partial charge in [-0.25, -0.2) is 0 Å². The molecule has 3 nitrogen and oxygen atoms in total. The van der Waals surface area contributed by atoms with Crippen molar-refractivity contribution in [2.24, 2.45) is 0 Å². The van der Waals surface area contributed by atoms with Crippen LogP contribution in [0.3, 0.4) is 0 Å². The maximum Gasteiger partial charge on any atom is 0.148 e. The quantitative estimate of drug-likeness (QED) is 0.337. The molecule has 0 bridgehead atoms. The molecular formula is C23H15NO2. The first-order valence-electron chi connectivity index (χ1n) is 11.2. The minimum atomic E-state index is -2.60. The van der Waals surface area contributed by atoms with Crippen molar-refractivity contribution in [3.8, 4) is 11.3 Å². The minimum absolute atomic E-state index is 0.243. The van der Waals surface area contributed by atoms with E-state index in [1.54, 1.807) is 12.1 Å². The molecule has 0 saturated carbocycles. The fourth-order valence-electron chi connectivity index (χ4n) is 3.73. The fraction of sp³-hybridized carbons (Fsp3) is 0.0870. The number of benzene rings is 3. The van der Waals surface area contributed by atoms with Crippen molar-refractivity contribution in [2.45, 2.75) is 13.7 Å². The van der Waals surface area contributed by atoms with Crippen LogP contribution in [-0.4, -0.2) is 4.98 Å². The summed E-state index contributed by atoms with van der Waals surface area (Å²) in [6.45, 7) is -5.19. The third-order valence-electron chi connectivity index (χ3n) is 4.94. The van der Waals surface area contributed by atoms with Crippen LogP contribution in [0.2, 0.25) is 0 Å². The lowest BCUT2D eigenvalue weighted by atomic mass is 10.0. The Balaban J connectivity index is 1.68. The average Bonchev–Trinajstić information content (AvgIpc) is 3.31. The number of rotatable bonds is 1. The van der Waals surface area contributed by atoms with Crippen LogP contribution >= 0.6 is 0 Å². The van der Waals surface area contributed by atoms with E-state index >= 15 is 0 Å². The third kappa shape index (κ3) is 1.65. The van der Waals surface area contributed by atoms with Crippen LogP contribution in [0, 0.1) is 13.7 Å². The molecule has 3 aromatic heterocycles. The summed E-state index contributed by atoms with van der Waals surface area (Å²) < 4.78 is 59.0. The van der Waals surface area contributed by atoms with Crippen molar-refractivity contribution >= 4 is 43.9 Å². The summed E-state index contributed by atoms with van der Waals surface area (Å²) in [5, 5.41) is 3.60. The first-order valence-corrected chi connectivity index (χ1v) is 8.23. The van der Waals surface area contributed by atoms with Crippen LogP contribution in [0.25, 0.3) is 55.1 Å². The van der Waals surface area contributed by atoms with E-state index in [4.69, 9.17) is 17.1 Å². The van der Waals surface area contributed by atoms with Crippen molar-refractivity contribution in [1.29, 1.82) is 0 Å². The topological polar surface area (TPSA) is 39.2 Å². The van der Waals surface area contributed by atoms with Gasteiger partial charge in [0.1, 0.15) is 22.3 Å². The van der Waals surface area contributed by atoms with E-state index in [0.29, 0.717) is 33.6 Å². The van der Waals surface area contributed by atoms with Gasteiger partial charge in [-0.05, 0) is 54.5 Å². The molecule has 0 spiro atoms. The summed E-state index contributed by atoms with van der Waals surface area (Å²) in [5.41, 5.74) is 2.96. The third-order valence-corrected chi connectivity index (χ3v) is 4.94. The molecule has 0 unspecified atom stereocenters. The van der Waals surface area contributed by atoms with Gasteiger partial charge in [0.2, 0.25) is 0 Å². The zero-order chi connectivity index (χ0) is 22.4. The minimum Gasteiger partial charge on any atom is -0.456 e. The highest BCUT2D eigenvalue weighted by Crippen LogP contribution is 2.45. The lowest BCUT2D eigenvalue weighted by Gasteiger charge is -2.05. The van der Waals surface area contributed by atoms with Crippen molar-refractivity contribution < 1.29 is 17.1 Å². The highest BCUT2D eigenvalue weighted by molar-refractivity contribution is 6.28. The van der Waals surface area contributed by atoms with Gasteiger partial charge in [-0.3, -0.25) is 4.98 Å². The highest BCUT2D eigenvalue weighted by Gasteiger charge is 2.23. The molecule has 124 valence electrons. The monoisotopic (exact) mass is 343 g/mol. The molecule has 6 rings (SSSR count). The second-order valence-corrected chi connectivity index (χ2v) is 6.43. The molecule has 0 aliphatic heterocycles. The molecule has 0 N–H and O–H groups in total. The summed E-state index contributed by atoms with van der Waals surface area (Å²) in [5.74, 6) is 0. The van der Waals surface area contributed by atoms with Crippen molar-refractivity contribution in [1.82, 2.24) is 4.98 Å². The van der Waals surface area contributed by atoms with Gasteiger partial charge in [-0.2, -0.15) is 0 Å². The SMILES string of the molecule is [2H]C([2H])([2H])c1cnc(-c2ccc3oc4cc5ccccc5c5oc2c3c45)cc1C([2H])([2H])[2H]. The van der Waals surface area contributed by atoms with E-state index in [2.05, 4.69) is 4.98 Å². The lowest BCUT2D eigenvalue weighted by molar-refractivity contribution is 0.654. The van der Waals surface area contributed by atoms with Crippen LogP contribution in [0.15, 0.2) is 63.6 Å². The molecule has 26 heavy (non-hydrogen) atoms. The number of aryl methyl sites for hydroxylation is 2. The predicted molar refractivity (Wildman–Crippen MR) is 105 cm³/mol. The number of hydrogen-bond acceptors (Lipinski definition) is 3. The molecule has 3 aromatic carbocycles. The van der Waals surface area contributed by atoms with E-state index in [1.807, 2.05) is 30.3 Å². The fourth-order valence-corrected chi connectivity index (χ4v) is 3.73. The Bertz CT molecular complexity index is 1660. The Morgan fingerprint density at radius 1 is 0.846 bits per heavy atom. The summed E-state index contributed by atoms with van der Waals surface area (Å²) in [6.07, 6.45) is 1.13. The average molecular weight is 343 g/mol. The van der Waals surface area contributed by atoms with E-state index < -0.39 is 13.7 Å². The molecule has 0 radical (unpaired) electrons. The molecule has 0 atom stereocenters. The van der Waals surface area contributed by atoms with Crippen molar-refractivity contribution in [2.75, 3.05) is 0 Å². The Hall–Kier alpha value is -3.33. The van der Waals surface area contributed by atoms with Gasteiger partial charge in [0.25, 0.3) is 0 Å². The molecular weight excluding hydrogens is 322 g/mol. The highest BCUT2D eigenvalue weighted by atomic mass is 16.4. The van der Waals surface area contributed by atoms with E-state index in [0.717, 1.165) is 27.7 Å².